The van der Waals surface area contributed by atoms with Crippen LogP contribution in [0.5, 0.6) is 0 Å². The number of carbonyl (C=O) groups is 1. The second kappa shape index (κ2) is 4.60. The van der Waals surface area contributed by atoms with Crippen LogP contribution in [0.2, 0.25) is 5.02 Å². The molecule has 1 aromatic rings. The number of amides is 1. The van der Waals surface area contributed by atoms with Crippen molar-refractivity contribution in [2.75, 3.05) is 24.1 Å². The Balaban J connectivity index is 1.99. The number of rotatable bonds is 2. The Kier molecular flexibility index (Phi) is 3.05. The van der Waals surface area contributed by atoms with Crippen LogP contribution in [0, 0.1) is 5.92 Å². The summed E-state index contributed by atoms with van der Waals surface area (Å²) in [4.78, 5) is 14.5. The SMILES string of the molecule is C[C@@H]1CN(CC2CC2)C(=O)c2cc(Cl)cc(N)c2N1. The Bertz CT molecular complexity index is 528. The maximum Gasteiger partial charge on any atom is 0.256 e. The van der Waals surface area contributed by atoms with E-state index in [1.54, 1.807) is 12.1 Å². The first-order valence-corrected chi connectivity index (χ1v) is 7.07. The molecular weight excluding hydrogens is 262 g/mol. The lowest BCUT2D eigenvalue weighted by Gasteiger charge is -2.22. The van der Waals surface area contributed by atoms with Gasteiger partial charge < -0.3 is 16.0 Å². The highest BCUT2D eigenvalue weighted by Gasteiger charge is 2.31. The largest absolute Gasteiger partial charge is 0.397 e. The Hall–Kier alpha value is -1.42. The predicted molar refractivity (Wildman–Crippen MR) is 77.6 cm³/mol. The van der Waals surface area contributed by atoms with Gasteiger partial charge in [-0.25, -0.2) is 0 Å². The monoisotopic (exact) mass is 279 g/mol. The first-order chi connectivity index (χ1) is 9.04. The predicted octanol–water partition coefficient (Wildman–Crippen LogP) is 2.59. The molecule has 1 aliphatic carbocycles. The van der Waals surface area contributed by atoms with Crippen LogP contribution >= 0.6 is 11.6 Å². The lowest BCUT2D eigenvalue weighted by Crippen LogP contribution is -2.37. The summed E-state index contributed by atoms with van der Waals surface area (Å²) < 4.78 is 0. The van der Waals surface area contributed by atoms with Gasteiger partial charge in [-0.2, -0.15) is 0 Å². The topological polar surface area (TPSA) is 58.4 Å². The van der Waals surface area contributed by atoms with Gasteiger partial charge in [0.25, 0.3) is 5.91 Å². The maximum atomic E-state index is 12.6. The van der Waals surface area contributed by atoms with Crippen LogP contribution < -0.4 is 11.1 Å². The Morgan fingerprint density at radius 3 is 2.89 bits per heavy atom. The number of nitrogens with zero attached hydrogens (tertiary/aromatic N) is 1. The molecule has 3 N–H and O–H groups in total. The van der Waals surface area contributed by atoms with Gasteiger partial charge in [0.15, 0.2) is 0 Å². The summed E-state index contributed by atoms with van der Waals surface area (Å²) in [6, 6.07) is 3.58. The quantitative estimate of drug-likeness (QED) is 0.818. The average Bonchev–Trinajstić information content (AvgIpc) is 3.14. The third kappa shape index (κ3) is 2.50. The van der Waals surface area contributed by atoms with Crippen molar-refractivity contribution in [3.8, 4) is 0 Å². The van der Waals surface area contributed by atoms with Crippen LogP contribution in [0.4, 0.5) is 11.4 Å². The molecule has 0 aromatic heterocycles. The second-order valence-electron chi connectivity index (χ2n) is 5.62. The number of hydrogen-bond donors (Lipinski definition) is 2. The van der Waals surface area contributed by atoms with Gasteiger partial charge in [0, 0.05) is 24.2 Å². The van der Waals surface area contributed by atoms with E-state index in [2.05, 4.69) is 12.2 Å². The van der Waals surface area contributed by atoms with Crippen LogP contribution in [0.1, 0.15) is 30.1 Å². The fourth-order valence-corrected chi connectivity index (χ4v) is 2.83. The number of anilines is 2. The lowest BCUT2D eigenvalue weighted by atomic mass is 10.1. The van der Waals surface area contributed by atoms with E-state index in [0.29, 0.717) is 28.7 Å². The van der Waals surface area contributed by atoms with Gasteiger partial charge in [-0.1, -0.05) is 11.6 Å². The van der Waals surface area contributed by atoms with E-state index in [9.17, 15) is 4.79 Å². The van der Waals surface area contributed by atoms with Crippen molar-refractivity contribution < 1.29 is 4.79 Å². The molecule has 5 heteroatoms. The van der Waals surface area contributed by atoms with Gasteiger partial charge in [-0.3, -0.25) is 4.79 Å². The number of nitrogens with one attached hydrogen (secondary N) is 1. The summed E-state index contributed by atoms with van der Waals surface area (Å²) in [6.07, 6.45) is 2.46. The molecule has 0 bridgehead atoms. The summed E-state index contributed by atoms with van der Waals surface area (Å²) in [5, 5.41) is 3.83. The molecule has 0 radical (unpaired) electrons. The molecule has 1 atom stereocenters. The van der Waals surface area contributed by atoms with E-state index in [-0.39, 0.29) is 11.9 Å². The van der Waals surface area contributed by atoms with E-state index >= 15 is 0 Å². The third-order valence-corrected chi connectivity index (χ3v) is 3.93. The first-order valence-electron chi connectivity index (χ1n) is 6.69. The van der Waals surface area contributed by atoms with Crippen molar-refractivity contribution in [2.45, 2.75) is 25.8 Å². The highest BCUT2D eigenvalue weighted by Crippen LogP contribution is 2.34. The third-order valence-electron chi connectivity index (χ3n) is 3.71. The van der Waals surface area contributed by atoms with Crippen molar-refractivity contribution in [3.63, 3.8) is 0 Å². The number of nitrogens with two attached hydrogens (primary N) is 1. The number of halogens is 1. The molecule has 0 spiro atoms. The first kappa shape index (κ1) is 12.6. The molecule has 102 valence electrons. The number of fused-ring (bicyclic) bond motifs is 1. The fourth-order valence-electron chi connectivity index (χ4n) is 2.60. The van der Waals surface area contributed by atoms with E-state index in [1.165, 1.54) is 12.8 Å². The molecular formula is C14H18ClN3O. The highest BCUT2D eigenvalue weighted by molar-refractivity contribution is 6.31. The molecule has 1 saturated carbocycles. The van der Waals surface area contributed by atoms with E-state index in [1.807, 2.05) is 4.90 Å². The second-order valence-corrected chi connectivity index (χ2v) is 6.05. The molecule has 2 aliphatic rings. The Morgan fingerprint density at radius 2 is 2.21 bits per heavy atom. The van der Waals surface area contributed by atoms with Gasteiger partial charge in [0.2, 0.25) is 0 Å². The Labute approximate surface area is 117 Å². The lowest BCUT2D eigenvalue weighted by molar-refractivity contribution is 0.0750. The van der Waals surface area contributed by atoms with E-state index in [0.717, 1.165) is 12.2 Å². The van der Waals surface area contributed by atoms with Crippen LogP contribution in [-0.4, -0.2) is 29.9 Å². The molecule has 4 nitrogen and oxygen atoms in total. The molecule has 1 amide bonds. The van der Waals surface area contributed by atoms with Crippen LogP contribution in [0.3, 0.4) is 0 Å². The minimum atomic E-state index is 0.0351. The summed E-state index contributed by atoms with van der Waals surface area (Å²) >= 11 is 6.02. The van der Waals surface area contributed by atoms with Crippen LogP contribution in [0.15, 0.2) is 12.1 Å². The van der Waals surface area contributed by atoms with Gasteiger partial charge >= 0.3 is 0 Å². The molecule has 0 unspecified atom stereocenters. The zero-order valence-corrected chi connectivity index (χ0v) is 11.7. The smallest absolute Gasteiger partial charge is 0.256 e. The van der Waals surface area contributed by atoms with Gasteiger partial charge in [0.05, 0.1) is 16.9 Å². The van der Waals surface area contributed by atoms with Crippen molar-refractivity contribution in [3.05, 3.63) is 22.7 Å². The number of hydrogen-bond acceptors (Lipinski definition) is 3. The van der Waals surface area contributed by atoms with Crippen molar-refractivity contribution in [2.24, 2.45) is 5.92 Å². The van der Waals surface area contributed by atoms with Gasteiger partial charge in [0.1, 0.15) is 0 Å². The molecule has 19 heavy (non-hydrogen) atoms. The zero-order valence-electron chi connectivity index (χ0n) is 10.9. The van der Waals surface area contributed by atoms with Crippen LogP contribution in [0.25, 0.3) is 0 Å². The van der Waals surface area contributed by atoms with Crippen molar-refractivity contribution in [1.29, 1.82) is 0 Å². The molecule has 1 aromatic carbocycles. The van der Waals surface area contributed by atoms with Crippen LogP contribution in [-0.2, 0) is 0 Å². The van der Waals surface area contributed by atoms with Gasteiger partial charge in [-0.05, 0) is 37.8 Å². The molecule has 1 aliphatic heterocycles. The minimum absolute atomic E-state index is 0.0351. The standard InChI is InChI=1S/C14H18ClN3O/c1-8-6-18(7-9-2-3-9)14(19)11-4-10(15)5-12(16)13(11)17-8/h4-5,8-9,17H,2-3,6-7,16H2,1H3/t8-/m1/s1. The van der Waals surface area contributed by atoms with E-state index < -0.39 is 0 Å². The summed E-state index contributed by atoms with van der Waals surface area (Å²) in [5.74, 6) is 0.710. The molecule has 1 heterocycles. The normalized spacial score (nSPS) is 22.7. The fraction of sp³-hybridized carbons (Fsp3) is 0.500. The number of benzene rings is 1. The summed E-state index contributed by atoms with van der Waals surface area (Å²) in [7, 11) is 0. The minimum Gasteiger partial charge on any atom is -0.397 e. The van der Waals surface area contributed by atoms with Gasteiger partial charge in [-0.15, -0.1) is 0 Å². The highest BCUT2D eigenvalue weighted by atomic mass is 35.5. The van der Waals surface area contributed by atoms with Crippen molar-refractivity contribution >= 4 is 28.9 Å². The number of carbonyl (C=O) groups excluding carboxylic acids is 1. The summed E-state index contributed by atoms with van der Waals surface area (Å²) in [6.45, 7) is 3.62. The average molecular weight is 280 g/mol. The molecule has 3 rings (SSSR count). The zero-order chi connectivity index (χ0) is 13.6. The number of nitrogen functional groups attached to an aromatic ring is 1. The molecule has 0 saturated heterocycles. The Morgan fingerprint density at radius 1 is 1.47 bits per heavy atom. The van der Waals surface area contributed by atoms with E-state index in [4.69, 9.17) is 17.3 Å². The summed E-state index contributed by atoms with van der Waals surface area (Å²) in [5.41, 5.74) is 7.83. The molecule has 1 fully saturated rings. The maximum absolute atomic E-state index is 12.6. The van der Waals surface area contributed by atoms with Crippen molar-refractivity contribution in [1.82, 2.24) is 4.90 Å².